The van der Waals surface area contributed by atoms with Gasteiger partial charge >= 0.3 is 0 Å². The first-order chi connectivity index (χ1) is 29.9. The van der Waals surface area contributed by atoms with E-state index in [4.69, 9.17) is 4.42 Å². The molecule has 3 aromatic rings. The Labute approximate surface area is 394 Å². The second-order valence-corrected chi connectivity index (χ2v) is 28.3. The third-order valence-corrected chi connectivity index (χ3v) is 15.5. The summed E-state index contributed by atoms with van der Waals surface area (Å²) in [7, 11) is -1.48. The molecule has 4 rings (SSSR count). The lowest BCUT2D eigenvalue weighted by molar-refractivity contribution is 0.278. The quantitative estimate of drug-likeness (QED) is 0.0636. The third kappa shape index (κ3) is 14.3. The number of allylic oxidation sites excluding steroid dienone is 6. The molecule has 1 aliphatic carbocycles. The van der Waals surface area contributed by atoms with E-state index in [9.17, 15) is 0 Å². The van der Waals surface area contributed by atoms with E-state index in [0.717, 1.165) is 42.8 Å². The first-order valence-electron chi connectivity index (χ1n) is 24.8. The van der Waals surface area contributed by atoms with Crippen LogP contribution in [0.1, 0.15) is 164 Å². The lowest BCUT2D eigenvalue weighted by Crippen LogP contribution is -2.52. The molecule has 2 atom stereocenters. The summed E-state index contributed by atoms with van der Waals surface area (Å²) in [4.78, 5) is 0. The summed E-state index contributed by atoms with van der Waals surface area (Å²) >= 11 is 0. The van der Waals surface area contributed by atoms with Crippen LogP contribution in [0.3, 0.4) is 0 Å². The average molecular weight is 881 g/mol. The zero-order chi connectivity index (χ0) is 47.6. The highest BCUT2D eigenvalue weighted by atomic mass is 28.3. The lowest BCUT2D eigenvalue weighted by atomic mass is 9.34. The van der Waals surface area contributed by atoms with E-state index in [1.807, 2.05) is 0 Å². The maximum absolute atomic E-state index is 6.84. The Morgan fingerprint density at radius 1 is 0.891 bits per heavy atom. The molecule has 5 heteroatoms. The third-order valence-electron chi connectivity index (χ3n) is 13.4. The molecule has 0 radical (unpaired) electrons. The van der Waals surface area contributed by atoms with E-state index in [2.05, 4.69) is 231 Å². The minimum Gasteiger partial charge on any atom is -0.469 e. The highest BCUT2D eigenvalue weighted by molar-refractivity contribution is 6.91. The summed E-state index contributed by atoms with van der Waals surface area (Å²) < 4.78 is 6.84. The van der Waals surface area contributed by atoms with Gasteiger partial charge in [0.1, 0.15) is 5.76 Å². The van der Waals surface area contributed by atoms with Crippen LogP contribution in [0.4, 0.5) is 0 Å². The van der Waals surface area contributed by atoms with Crippen LogP contribution in [0.25, 0.3) is 5.57 Å². The second-order valence-electron chi connectivity index (χ2n) is 23.2. The maximum atomic E-state index is 6.84. The van der Waals surface area contributed by atoms with E-state index in [-0.39, 0.29) is 29.0 Å². The fourth-order valence-electron chi connectivity index (χ4n) is 9.11. The van der Waals surface area contributed by atoms with Crippen molar-refractivity contribution in [1.29, 1.82) is 0 Å². The molecule has 2 unspecified atom stereocenters. The largest absolute Gasteiger partial charge is 0.469 e. The van der Waals surface area contributed by atoms with Crippen molar-refractivity contribution in [2.45, 2.75) is 178 Å². The fourth-order valence-corrected chi connectivity index (χ4v) is 10.3. The summed E-state index contributed by atoms with van der Waals surface area (Å²) in [6.45, 7) is 44.6. The number of nitrogens with one attached hydrogen (secondary N) is 2. The van der Waals surface area contributed by atoms with Crippen LogP contribution in [0.15, 0.2) is 125 Å². The van der Waals surface area contributed by atoms with E-state index >= 15 is 0 Å². The molecular formula is C59H89BN2OSi. The normalized spacial score (nSPS) is 17.2. The summed E-state index contributed by atoms with van der Waals surface area (Å²) in [6, 6.07) is 19.2. The highest BCUT2D eigenvalue weighted by Crippen LogP contribution is 2.46. The SMILES string of the molecule is C=CC(C/C=C/C(C)C)NC/C(B(c1ccc(C(C)CCC(C)C)cc1)c1coc2c1C(C)(C)CCC2(C)C)=C(\C=C/C)NC(=C/C)/C(=C\CC(C)(C)C)c1ccc([Si](C)(C)C)cc1. The molecule has 1 aliphatic rings. The van der Waals surface area contributed by atoms with Crippen molar-refractivity contribution in [1.82, 2.24) is 10.6 Å². The van der Waals surface area contributed by atoms with Crippen LogP contribution >= 0.6 is 0 Å². The summed E-state index contributed by atoms with van der Waals surface area (Å²) in [5.74, 6) is 2.83. The topological polar surface area (TPSA) is 37.2 Å². The van der Waals surface area contributed by atoms with Crippen LogP contribution in [-0.2, 0) is 10.8 Å². The minimum absolute atomic E-state index is 0.0474. The Morgan fingerprint density at radius 3 is 2.08 bits per heavy atom. The van der Waals surface area contributed by atoms with Gasteiger partial charge in [-0.25, -0.2) is 0 Å². The summed E-state index contributed by atoms with van der Waals surface area (Å²) in [6.07, 6.45) is 24.5. The molecule has 0 spiro atoms. The van der Waals surface area contributed by atoms with Gasteiger partial charge in [0.05, 0.1) is 14.3 Å². The van der Waals surface area contributed by atoms with E-state index in [1.54, 1.807) is 0 Å². The molecule has 0 saturated carbocycles. The van der Waals surface area contributed by atoms with Gasteiger partial charge in [-0.1, -0.05) is 210 Å². The highest BCUT2D eigenvalue weighted by Gasteiger charge is 2.44. The van der Waals surface area contributed by atoms with Gasteiger partial charge in [-0.3, -0.25) is 0 Å². The first-order valence-corrected chi connectivity index (χ1v) is 28.3. The van der Waals surface area contributed by atoms with Crippen molar-refractivity contribution >= 4 is 36.5 Å². The number of benzene rings is 2. The Kier molecular flexibility index (Phi) is 18.7. The summed E-state index contributed by atoms with van der Waals surface area (Å²) in [5.41, 5.74) is 11.3. The smallest absolute Gasteiger partial charge is 0.245 e. The van der Waals surface area contributed by atoms with Gasteiger partial charge in [-0.15, -0.1) is 6.58 Å². The predicted octanol–water partition coefficient (Wildman–Crippen LogP) is 14.5. The number of furan rings is 1. The van der Waals surface area contributed by atoms with Crippen LogP contribution < -0.4 is 26.7 Å². The molecule has 64 heavy (non-hydrogen) atoms. The molecule has 348 valence electrons. The minimum atomic E-state index is -1.48. The van der Waals surface area contributed by atoms with Gasteiger partial charge in [0.25, 0.3) is 0 Å². The predicted molar refractivity (Wildman–Crippen MR) is 289 cm³/mol. The van der Waals surface area contributed by atoms with Gasteiger partial charge in [0.15, 0.2) is 0 Å². The van der Waals surface area contributed by atoms with Gasteiger partial charge in [-0.05, 0) is 103 Å². The van der Waals surface area contributed by atoms with Crippen molar-refractivity contribution in [3.8, 4) is 0 Å². The molecule has 3 nitrogen and oxygen atoms in total. The van der Waals surface area contributed by atoms with Gasteiger partial charge in [0, 0.05) is 35.0 Å². The number of hydrogen-bond donors (Lipinski definition) is 2. The molecule has 1 aromatic heterocycles. The van der Waals surface area contributed by atoms with Gasteiger partial charge < -0.3 is 15.1 Å². The van der Waals surface area contributed by atoms with Gasteiger partial charge in [0.2, 0.25) is 6.71 Å². The van der Waals surface area contributed by atoms with Crippen molar-refractivity contribution in [3.05, 3.63) is 143 Å². The zero-order valence-electron chi connectivity index (χ0n) is 43.7. The van der Waals surface area contributed by atoms with Crippen LogP contribution in [-0.4, -0.2) is 27.4 Å². The molecule has 0 amide bonds. The van der Waals surface area contributed by atoms with E-state index in [0.29, 0.717) is 24.3 Å². The standard InChI is InChI=1S/C59H89BN2OSi/c1-19-23-54(62-53(21-3)50(36-37-57(9,10)11)46-30-34-49(35-31-46)64(16,17)18)51(40-61-48(20-2)25-22-24-42(4)5)60(47-32-28-45(29-33-47)44(8)27-26-43(6)7)52-41-63-56-55(52)58(12,13)38-39-59(56,14)15/h19-24,28-36,41-44,48,61-62H,2,25-27,37-40H2,1,3-18H3/b23-19-,24-22+,50-36-,53-21+,54-51-. The van der Waals surface area contributed by atoms with E-state index in [1.165, 1.54) is 56.7 Å². The molecule has 2 N–H and O–H groups in total. The molecule has 0 aliphatic heterocycles. The number of fused-ring (bicyclic) bond motifs is 1. The van der Waals surface area contributed by atoms with Crippen molar-refractivity contribution in [2.24, 2.45) is 17.3 Å². The Balaban J connectivity index is 2.06. The Morgan fingerprint density at radius 2 is 1.53 bits per heavy atom. The monoisotopic (exact) mass is 881 g/mol. The van der Waals surface area contributed by atoms with Crippen molar-refractivity contribution in [3.63, 3.8) is 0 Å². The van der Waals surface area contributed by atoms with Crippen LogP contribution in [0.2, 0.25) is 19.6 Å². The number of rotatable bonds is 21. The van der Waals surface area contributed by atoms with Crippen molar-refractivity contribution in [2.75, 3.05) is 6.54 Å². The number of hydrogen-bond acceptors (Lipinski definition) is 3. The molecular weight excluding hydrogens is 792 g/mol. The van der Waals surface area contributed by atoms with Crippen LogP contribution in [0, 0.1) is 17.3 Å². The first kappa shape index (κ1) is 52.8. The molecule has 0 fully saturated rings. The van der Waals surface area contributed by atoms with Crippen molar-refractivity contribution < 1.29 is 4.42 Å². The maximum Gasteiger partial charge on any atom is 0.245 e. The van der Waals surface area contributed by atoms with E-state index < -0.39 is 8.07 Å². The molecule has 1 heterocycles. The lowest BCUT2D eigenvalue weighted by Gasteiger charge is -2.39. The second kappa shape index (κ2) is 22.6. The Bertz CT molecular complexity index is 2120. The Hall–Kier alpha value is -3.80. The van der Waals surface area contributed by atoms with Gasteiger partial charge in [-0.2, -0.15) is 0 Å². The fraction of sp³-hybridized carbons (Fsp3) is 0.525. The molecule has 2 aromatic carbocycles. The van der Waals surface area contributed by atoms with Crippen LogP contribution in [0.5, 0.6) is 0 Å². The zero-order valence-corrected chi connectivity index (χ0v) is 44.7. The average Bonchev–Trinajstić information content (AvgIpc) is 3.69. The molecule has 0 bridgehead atoms. The summed E-state index contributed by atoms with van der Waals surface area (Å²) in [5, 5.41) is 9.65. The molecule has 0 saturated heterocycles.